The fourth-order valence-corrected chi connectivity index (χ4v) is 11.4. The third-order valence-corrected chi connectivity index (χ3v) is 15.7. The molecule has 0 saturated carbocycles. The summed E-state index contributed by atoms with van der Waals surface area (Å²) < 4.78 is 166. The number of carboxylic acid groups (broad SMARTS) is 1. The summed E-state index contributed by atoms with van der Waals surface area (Å²) in [6.45, 7) is 4.05. The van der Waals surface area contributed by atoms with Gasteiger partial charge in [0.15, 0.2) is 11.8 Å². The lowest BCUT2D eigenvalue weighted by atomic mass is 9.69. The molecule has 68 heavy (non-hydrogen) atoms. The quantitative estimate of drug-likeness (QED) is 0.0507. The predicted octanol–water partition coefficient (Wildman–Crippen LogP) is 1.40. The maximum Gasteiger partial charge on any atom is 0.336 e. The highest BCUT2D eigenvalue weighted by molar-refractivity contribution is 7.86. The minimum atomic E-state index is -4.57. The first-order valence-electron chi connectivity index (χ1n) is 21.1. The number of carbonyl (C=O) groups is 3. The van der Waals surface area contributed by atoms with E-state index in [9.17, 15) is 84.3 Å². The number of hydrogen-bond acceptors (Lipinski definition) is 14. The summed E-state index contributed by atoms with van der Waals surface area (Å²) in [6, 6.07) is 3.72. The fourth-order valence-electron chi connectivity index (χ4n) is 9.16. The van der Waals surface area contributed by atoms with E-state index < -0.39 is 127 Å². The second-order valence-corrected chi connectivity index (χ2v) is 25.1. The zero-order valence-corrected chi connectivity index (χ0v) is 41.4. The van der Waals surface area contributed by atoms with Crippen LogP contribution in [0.5, 0.6) is 0 Å². The van der Waals surface area contributed by atoms with Crippen LogP contribution in [0.15, 0.2) is 64.9 Å². The summed E-state index contributed by atoms with van der Waals surface area (Å²) in [5.41, 5.74) is -0.175. The number of carbonyl (C=O) groups excluding carboxylic acids is 2. The maximum atomic E-state index is 14.1. The number of anilines is 1. The van der Waals surface area contributed by atoms with Gasteiger partial charge in [-0.3, -0.25) is 32.4 Å². The summed E-state index contributed by atoms with van der Waals surface area (Å²) in [4.78, 5) is 41.7. The van der Waals surface area contributed by atoms with Crippen molar-refractivity contribution in [3.8, 4) is 0 Å². The second-order valence-electron chi connectivity index (χ2n) is 17.2. The Balaban J connectivity index is 1.86. The van der Waals surface area contributed by atoms with Crippen molar-refractivity contribution in [2.75, 3.05) is 59.8 Å². The Labute approximate surface area is 395 Å². The van der Waals surface area contributed by atoms with Crippen LogP contribution in [-0.4, -0.2) is 159 Å². The molecule has 2 atom stereocenters. The van der Waals surface area contributed by atoms with Gasteiger partial charge in [-0.2, -0.15) is 42.1 Å². The highest BCUT2D eigenvalue weighted by atomic mass is 32.2. The van der Waals surface area contributed by atoms with E-state index in [2.05, 4.69) is 10.6 Å². The first-order valence-corrected chi connectivity index (χ1v) is 29.1. The molecular formula is C40H57N4O19S5+. The molecule has 1 aliphatic carbocycles. The SMILES string of the molecule is CC1(CCCS(=O)(=O)O)C2=C(C(=O)NCCS(=O)(=O)O)C=C(C(=O)NCCS(=O)(=O)O)CC2[N+](CCCS(=O)(=O)O)=C1CC/C=C/C=C1/N(CCCS(=O)(=O)O)c2cccc(C(=O)O)c2C1(C)C. The van der Waals surface area contributed by atoms with Crippen molar-refractivity contribution >= 4 is 79.8 Å². The Kier molecular flexibility index (Phi) is 17.9. The Hall–Kier alpha value is -4.39. The molecule has 1 aromatic rings. The van der Waals surface area contributed by atoms with Crippen LogP contribution in [0.25, 0.3) is 0 Å². The van der Waals surface area contributed by atoms with Gasteiger partial charge in [0, 0.05) is 78.0 Å². The zero-order chi connectivity index (χ0) is 51.3. The molecule has 0 radical (unpaired) electrons. The topological polar surface area (TPSA) is 374 Å². The number of allylic oxidation sites excluding steroid dienone is 4. The molecule has 2 heterocycles. The molecule has 2 unspecified atom stereocenters. The molecule has 1 aromatic carbocycles. The van der Waals surface area contributed by atoms with Crippen LogP contribution in [0.1, 0.15) is 81.6 Å². The average Bonchev–Trinajstić information content (AvgIpc) is 3.54. The molecule has 23 nitrogen and oxygen atoms in total. The Morgan fingerprint density at radius 2 is 1.31 bits per heavy atom. The molecule has 0 bridgehead atoms. The summed E-state index contributed by atoms with van der Waals surface area (Å²) >= 11 is 0. The van der Waals surface area contributed by atoms with Crippen molar-refractivity contribution < 1.29 is 88.9 Å². The first kappa shape index (κ1) is 56.2. The van der Waals surface area contributed by atoms with Crippen molar-refractivity contribution in [3.05, 3.63) is 76.0 Å². The number of amides is 2. The Morgan fingerprint density at radius 3 is 1.87 bits per heavy atom. The van der Waals surface area contributed by atoms with Gasteiger partial charge in [0.05, 0.1) is 39.7 Å². The van der Waals surface area contributed by atoms with E-state index in [0.717, 1.165) is 0 Å². The van der Waals surface area contributed by atoms with Gasteiger partial charge in [0.25, 0.3) is 56.5 Å². The van der Waals surface area contributed by atoms with E-state index in [0.29, 0.717) is 28.2 Å². The zero-order valence-electron chi connectivity index (χ0n) is 37.4. The third kappa shape index (κ3) is 15.3. The molecule has 2 aliphatic heterocycles. The molecule has 0 fully saturated rings. The van der Waals surface area contributed by atoms with Crippen LogP contribution >= 0.6 is 0 Å². The summed E-state index contributed by atoms with van der Waals surface area (Å²) in [7, 11) is -22.5. The van der Waals surface area contributed by atoms with E-state index in [1.807, 2.05) is 0 Å². The smallest absolute Gasteiger partial charge is 0.336 e. The standard InChI is InChI=1S/C40H56N4O19S5/c1-39(2)32(43(18-9-21-65(52,53)54)30-12-7-11-28(34(30)39)38(47)48)13-5-4-6-14-33-40(3,15-8-20-64(49,50)51)35-29(37(46)42-17-24-68(61,62)63)25-27(36(45)41-16-23-67(58,59)60)26-31(35)44(33)19-10-22-66(55,56)57/h4-5,7,11-13,25,31H,6,8-10,14-24,26H2,1-3H3,(H7-,41,42,45,46,47,48,49,50,51,52,53,54,55,56,57,58,59,60,61,62,63)/p+1/b5-4+,32-13+. The van der Waals surface area contributed by atoms with Crippen LogP contribution in [0.4, 0.5) is 5.69 Å². The molecule has 0 saturated heterocycles. The molecule has 4 rings (SSSR count). The van der Waals surface area contributed by atoms with Crippen LogP contribution in [0, 0.1) is 5.41 Å². The molecule has 28 heteroatoms. The highest BCUT2D eigenvalue weighted by Gasteiger charge is 2.56. The predicted molar refractivity (Wildman–Crippen MR) is 249 cm³/mol. The summed E-state index contributed by atoms with van der Waals surface area (Å²) in [5, 5.41) is 14.8. The number of aromatic carboxylic acids is 1. The van der Waals surface area contributed by atoms with Crippen molar-refractivity contribution in [1.82, 2.24) is 10.6 Å². The van der Waals surface area contributed by atoms with Crippen molar-refractivity contribution in [1.29, 1.82) is 0 Å². The normalized spacial score (nSPS) is 20.5. The van der Waals surface area contributed by atoms with Crippen molar-refractivity contribution in [3.63, 3.8) is 0 Å². The second kappa shape index (κ2) is 21.7. The fraction of sp³-hybridized carbons (Fsp3) is 0.550. The number of rotatable bonds is 25. The maximum absolute atomic E-state index is 14.1. The Morgan fingerprint density at radius 1 is 0.765 bits per heavy atom. The van der Waals surface area contributed by atoms with Gasteiger partial charge in [-0.25, -0.2) is 9.37 Å². The molecule has 2 amide bonds. The number of hydrogen-bond donors (Lipinski definition) is 8. The lowest BCUT2D eigenvalue weighted by Crippen LogP contribution is -2.39. The lowest BCUT2D eigenvalue weighted by Gasteiger charge is -2.30. The van der Waals surface area contributed by atoms with Crippen LogP contribution in [-0.2, 0) is 65.6 Å². The van der Waals surface area contributed by atoms with Gasteiger partial charge >= 0.3 is 5.97 Å². The average molecular weight is 1060 g/mol. The Bertz CT molecular complexity index is 2900. The molecule has 3 aliphatic rings. The minimum Gasteiger partial charge on any atom is -0.478 e. The van der Waals surface area contributed by atoms with Gasteiger partial charge in [-0.05, 0) is 56.9 Å². The largest absolute Gasteiger partial charge is 0.478 e. The number of fused-ring (bicyclic) bond motifs is 2. The van der Waals surface area contributed by atoms with Gasteiger partial charge < -0.3 is 20.6 Å². The van der Waals surface area contributed by atoms with E-state index in [1.54, 1.807) is 60.6 Å². The highest BCUT2D eigenvalue weighted by Crippen LogP contribution is 2.51. The van der Waals surface area contributed by atoms with Gasteiger partial charge in [0.1, 0.15) is 6.54 Å². The third-order valence-electron chi connectivity index (χ3n) is 11.9. The van der Waals surface area contributed by atoms with Gasteiger partial charge in [0.2, 0.25) is 5.91 Å². The monoisotopic (exact) mass is 1060 g/mol. The molecular weight excluding hydrogens is 1000 g/mol. The van der Waals surface area contributed by atoms with Crippen LogP contribution in [0.3, 0.4) is 0 Å². The van der Waals surface area contributed by atoms with Crippen molar-refractivity contribution in [2.45, 2.75) is 77.2 Å². The van der Waals surface area contributed by atoms with E-state index in [1.165, 1.54) is 12.1 Å². The summed E-state index contributed by atoms with van der Waals surface area (Å²) in [6.07, 6.45) is 5.89. The summed E-state index contributed by atoms with van der Waals surface area (Å²) in [5.74, 6) is -6.77. The lowest BCUT2D eigenvalue weighted by molar-refractivity contribution is -0.551. The van der Waals surface area contributed by atoms with E-state index >= 15 is 0 Å². The molecule has 380 valence electrons. The van der Waals surface area contributed by atoms with E-state index in [4.69, 9.17) is 0 Å². The van der Waals surface area contributed by atoms with Gasteiger partial charge in [-0.1, -0.05) is 32.1 Å². The minimum absolute atomic E-state index is 0.0189. The first-order chi connectivity index (χ1) is 31.2. The van der Waals surface area contributed by atoms with Crippen molar-refractivity contribution in [2.24, 2.45) is 5.41 Å². The molecule has 0 aromatic heterocycles. The number of benzene rings is 1. The van der Waals surface area contributed by atoms with Gasteiger partial charge in [-0.15, -0.1) is 0 Å². The van der Waals surface area contributed by atoms with Crippen LogP contribution < -0.4 is 15.5 Å². The van der Waals surface area contributed by atoms with E-state index in [-0.39, 0.29) is 74.7 Å². The number of carboxylic acids is 1. The number of nitrogens with one attached hydrogen (secondary N) is 2. The molecule has 0 spiro atoms. The number of nitrogens with zero attached hydrogens (tertiary/aromatic N) is 2. The van der Waals surface area contributed by atoms with Crippen LogP contribution in [0.2, 0.25) is 0 Å². The molecule has 8 N–H and O–H groups in total.